The third-order valence-corrected chi connectivity index (χ3v) is 4.31. The zero-order chi connectivity index (χ0) is 15.9. The summed E-state index contributed by atoms with van der Waals surface area (Å²) in [6.45, 7) is 3.54. The van der Waals surface area contributed by atoms with Crippen LogP contribution in [0.3, 0.4) is 0 Å². The van der Waals surface area contributed by atoms with Gasteiger partial charge in [0.1, 0.15) is 12.0 Å². The number of aromatic nitrogens is 6. The maximum absolute atomic E-state index is 6.48. The van der Waals surface area contributed by atoms with Gasteiger partial charge in [-0.1, -0.05) is 30.7 Å². The molecule has 0 bridgehead atoms. The number of ether oxygens (including phenoxy) is 1. The summed E-state index contributed by atoms with van der Waals surface area (Å²) in [5.41, 5.74) is 3.36. The van der Waals surface area contributed by atoms with Crippen molar-refractivity contribution in [1.29, 1.82) is 0 Å². The van der Waals surface area contributed by atoms with Crippen molar-refractivity contribution in [3.05, 3.63) is 41.2 Å². The van der Waals surface area contributed by atoms with E-state index >= 15 is 0 Å². The average molecular weight is 329 g/mol. The van der Waals surface area contributed by atoms with Gasteiger partial charge in [-0.25, -0.2) is 9.97 Å². The molecule has 2 aromatic heterocycles. The van der Waals surface area contributed by atoms with E-state index in [-0.39, 0.29) is 5.41 Å². The van der Waals surface area contributed by atoms with Crippen LogP contribution in [0.25, 0.3) is 22.8 Å². The molecule has 0 amide bonds. The molecule has 1 N–H and O–H groups in total. The Hall–Kier alpha value is -2.38. The van der Waals surface area contributed by atoms with Crippen LogP contribution in [0.1, 0.15) is 12.5 Å². The van der Waals surface area contributed by atoms with Crippen molar-refractivity contribution in [3.8, 4) is 22.8 Å². The summed E-state index contributed by atoms with van der Waals surface area (Å²) >= 11 is 6.48. The van der Waals surface area contributed by atoms with Gasteiger partial charge >= 0.3 is 0 Å². The molecule has 116 valence electrons. The first-order valence-corrected chi connectivity index (χ1v) is 7.47. The minimum absolute atomic E-state index is 0.00290. The second kappa shape index (κ2) is 5.36. The molecule has 23 heavy (non-hydrogen) atoms. The fourth-order valence-corrected chi connectivity index (χ4v) is 3.04. The number of rotatable bonds is 3. The molecular formula is C15H13ClN6O. The van der Waals surface area contributed by atoms with Gasteiger partial charge in [0.05, 0.1) is 18.9 Å². The average Bonchev–Trinajstić information content (AvgIpc) is 3.07. The van der Waals surface area contributed by atoms with Crippen LogP contribution in [-0.4, -0.2) is 43.8 Å². The van der Waals surface area contributed by atoms with Gasteiger partial charge in [-0.3, -0.25) is 0 Å². The van der Waals surface area contributed by atoms with Crippen LogP contribution in [-0.2, 0) is 10.2 Å². The number of benzene rings is 1. The van der Waals surface area contributed by atoms with Crippen LogP contribution in [0.5, 0.6) is 0 Å². The maximum atomic E-state index is 6.48. The molecule has 0 radical (unpaired) electrons. The maximum Gasteiger partial charge on any atom is 0.223 e. The largest absolute Gasteiger partial charge is 0.379 e. The Kier molecular flexibility index (Phi) is 3.32. The van der Waals surface area contributed by atoms with Crippen molar-refractivity contribution in [2.24, 2.45) is 0 Å². The molecule has 0 atom stereocenters. The van der Waals surface area contributed by atoms with E-state index in [1.54, 1.807) is 0 Å². The standard InChI is InChI=1S/C15H13ClN6O/c1-15(6-23-7-15)10-3-2-9(4-11(10)16)12-5-13(18-8-17-12)14-19-21-22-20-14/h2-5,8H,6-7H2,1H3,(H,19,20,21,22). The Morgan fingerprint density at radius 3 is 2.65 bits per heavy atom. The highest BCUT2D eigenvalue weighted by atomic mass is 35.5. The lowest BCUT2D eigenvalue weighted by Crippen LogP contribution is -2.44. The number of nitrogens with zero attached hydrogens (tertiary/aromatic N) is 5. The Morgan fingerprint density at radius 1 is 1.17 bits per heavy atom. The predicted octanol–water partition coefficient (Wildman–Crippen LogP) is 2.26. The van der Waals surface area contributed by atoms with E-state index < -0.39 is 0 Å². The molecule has 0 unspecified atom stereocenters. The lowest BCUT2D eigenvalue weighted by Gasteiger charge is -2.39. The SMILES string of the molecule is CC1(c2ccc(-c3cc(-c4nn[nH]n4)ncn3)cc2Cl)COC1. The third kappa shape index (κ3) is 2.47. The number of H-pyrrole nitrogens is 1. The molecule has 4 rings (SSSR count). The fourth-order valence-electron chi connectivity index (χ4n) is 2.64. The van der Waals surface area contributed by atoms with Gasteiger partial charge in [0.25, 0.3) is 0 Å². The van der Waals surface area contributed by atoms with Gasteiger partial charge in [-0.2, -0.15) is 5.21 Å². The van der Waals surface area contributed by atoms with Crippen LogP contribution in [0, 0.1) is 0 Å². The first-order chi connectivity index (χ1) is 11.2. The fraction of sp³-hybridized carbons (Fsp3) is 0.267. The smallest absolute Gasteiger partial charge is 0.223 e. The van der Waals surface area contributed by atoms with Gasteiger partial charge in [-0.15, -0.1) is 10.2 Å². The topological polar surface area (TPSA) is 89.5 Å². The van der Waals surface area contributed by atoms with Crippen molar-refractivity contribution in [3.63, 3.8) is 0 Å². The number of tetrazole rings is 1. The zero-order valence-corrected chi connectivity index (χ0v) is 13.1. The molecule has 0 saturated carbocycles. The summed E-state index contributed by atoms with van der Waals surface area (Å²) < 4.78 is 5.32. The normalized spacial score (nSPS) is 16.1. The van der Waals surface area contributed by atoms with Crippen molar-refractivity contribution in [2.75, 3.05) is 13.2 Å². The molecule has 1 aromatic carbocycles. The van der Waals surface area contributed by atoms with E-state index in [0.29, 0.717) is 29.8 Å². The molecule has 8 heteroatoms. The highest BCUT2D eigenvalue weighted by molar-refractivity contribution is 6.31. The number of nitrogens with one attached hydrogen (secondary N) is 1. The lowest BCUT2D eigenvalue weighted by molar-refractivity contribution is -0.0499. The van der Waals surface area contributed by atoms with Crippen LogP contribution in [0.15, 0.2) is 30.6 Å². The van der Waals surface area contributed by atoms with Crippen molar-refractivity contribution in [1.82, 2.24) is 30.6 Å². The Morgan fingerprint density at radius 2 is 2.00 bits per heavy atom. The highest BCUT2D eigenvalue weighted by Gasteiger charge is 2.36. The molecule has 1 fully saturated rings. The van der Waals surface area contributed by atoms with Crippen LogP contribution < -0.4 is 0 Å². The monoisotopic (exact) mass is 328 g/mol. The van der Waals surface area contributed by atoms with Crippen molar-refractivity contribution >= 4 is 11.6 Å². The number of hydrogen-bond acceptors (Lipinski definition) is 6. The van der Waals surface area contributed by atoms with Gasteiger partial charge in [-0.05, 0) is 22.9 Å². The zero-order valence-electron chi connectivity index (χ0n) is 12.3. The molecule has 3 heterocycles. The first kappa shape index (κ1) is 14.2. The quantitative estimate of drug-likeness (QED) is 0.793. The van der Waals surface area contributed by atoms with Crippen molar-refractivity contribution in [2.45, 2.75) is 12.3 Å². The predicted molar refractivity (Wildman–Crippen MR) is 83.8 cm³/mol. The van der Waals surface area contributed by atoms with Crippen molar-refractivity contribution < 1.29 is 4.74 Å². The lowest BCUT2D eigenvalue weighted by atomic mass is 9.80. The number of halogens is 1. The van der Waals surface area contributed by atoms with E-state index in [1.807, 2.05) is 24.3 Å². The first-order valence-electron chi connectivity index (χ1n) is 7.10. The number of hydrogen-bond donors (Lipinski definition) is 1. The molecular weight excluding hydrogens is 316 g/mol. The molecule has 1 aliphatic rings. The third-order valence-electron chi connectivity index (χ3n) is 4.00. The van der Waals surface area contributed by atoms with E-state index in [9.17, 15) is 0 Å². The van der Waals surface area contributed by atoms with E-state index in [2.05, 4.69) is 37.5 Å². The highest BCUT2D eigenvalue weighted by Crippen LogP contribution is 2.37. The van der Waals surface area contributed by atoms with Crippen LogP contribution >= 0.6 is 11.6 Å². The van der Waals surface area contributed by atoms with Gasteiger partial charge < -0.3 is 4.74 Å². The van der Waals surface area contributed by atoms with Crippen LogP contribution in [0.2, 0.25) is 5.02 Å². The summed E-state index contributed by atoms with van der Waals surface area (Å²) in [5.74, 6) is 0.426. The summed E-state index contributed by atoms with van der Waals surface area (Å²) in [7, 11) is 0. The molecule has 0 spiro atoms. The second-order valence-corrected chi connectivity index (χ2v) is 6.18. The molecule has 7 nitrogen and oxygen atoms in total. The summed E-state index contributed by atoms with van der Waals surface area (Å²) in [6.07, 6.45) is 1.48. The number of aromatic amines is 1. The minimum Gasteiger partial charge on any atom is -0.379 e. The Bertz CT molecular complexity index is 847. The van der Waals surface area contributed by atoms with E-state index in [1.165, 1.54) is 6.33 Å². The van der Waals surface area contributed by atoms with E-state index in [4.69, 9.17) is 16.3 Å². The van der Waals surface area contributed by atoms with Gasteiger partial charge in [0, 0.05) is 16.0 Å². The summed E-state index contributed by atoms with van der Waals surface area (Å²) in [4.78, 5) is 8.47. The molecule has 3 aromatic rings. The second-order valence-electron chi connectivity index (χ2n) is 5.77. The Balaban J connectivity index is 1.71. The summed E-state index contributed by atoms with van der Waals surface area (Å²) in [6, 6.07) is 7.77. The Labute approximate surface area is 137 Å². The van der Waals surface area contributed by atoms with Gasteiger partial charge in [0.2, 0.25) is 5.82 Å². The molecule has 1 aliphatic heterocycles. The van der Waals surface area contributed by atoms with Crippen LogP contribution in [0.4, 0.5) is 0 Å². The molecule has 1 saturated heterocycles. The van der Waals surface area contributed by atoms with Gasteiger partial charge in [0.15, 0.2) is 0 Å². The molecule has 0 aliphatic carbocycles. The summed E-state index contributed by atoms with van der Waals surface area (Å²) in [5, 5.41) is 14.5. The van der Waals surface area contributed by atoms with E-state index in [0.717, 1.165) is 16.8 Å². The minimum atomic E-state index is -0.00290.